The summed E-state index contributed by atoms with van der Waals surface area (Å²) in [6.45, 7) is 5.92. The summed E-state index contributed by atoms with van der Waals surface area (Å²) in [6.07, 6.45) is 0. The van der Waals surface area contributed by atoms with Crippen LogP contribution in [0.25, 0.3) is 0 Å². The fourth-order valence-electron chi connectivity index (χ4n) is 1.69. The number of amides is 3. The highest BCUT2D eigenvalue weighted by atomic mass is 35.5. The molecule has 0 spiro atoms. The summed E-state index contributed by atoms with van der Waals surface area (Å²) in [4.78, 5) is 36.3. The summed E-state index contributed by atoms with van der Waals surface area (Å²) in [6, 6.07) is 0. The van der Waals surface area contributed by atoms with Gasteiger partial charge in [-0.2, -0.15) is 0 Å². The molecule has 0 N–H and O–H groups in total. The van der Waals surface area contributed by atoms with Crippen molar-refractivity contribution in [3.8, 4) is 0 Å². The Morgan fingerprint density at radius 2 is 1.93 bits per heavy atom. The van der Waals surface area contributed by atoms with Crippen molar-refractivity contribution in [3.63, 3.8) is 0 Å². The van der Waals surface area contributed by atoms with Crippen LogP contribution in [0.3, 0.4) is 0 Å². The largest absolute Gasteiger partial charge is 0.332 e. The quantitative estimate of drug-likeness (QED) is 0.382. The average molecular weight is 233 g/mol. The highest BCUT2D eigenvalue weighted by molar-refractivity contribution is 6.65. The minimum absolute atomic E-state index is 0.312. The van der Waals surface area contributed by atoms with Gasteiger partial charge in [-0.25, -0.2) is 0 Å². The van der Waals surface area contributed by atoms with E-state index in [0.717, 1.165) is 4.90 Å². The number of carbonyl (C=O) groups excluding carboxylic acids is 3. The van der Waals surface area contributed by atoms with Crippen molar-refractivity contribution in [1.82, 2.24) is 9.80 Å². The zero-order valence-electron chi connectivity index (χ0n) is 8.91. The van der Waals surface area contributed by atoms with Gasteiger partial charge in [0.25, 0.3) is 0 Å². The number of hydrogen-bond acceptors (Lipinski definition) is 3. The van der Waals surface area contributed by atoms with Crippen molar-refractivity contribution in [2.24, 2.45) is 0 Å². The molecule has 0 aliphatic carbocycles. The molecule has 0 aromatic rings. The van der Waals surface area contributed by atoms with Crippen LogP contribution in [0, 0.1) is 0 Å². The Kier molecular flexibility index (Phi) is 3.04. The van der Waals surface area contributed by atoms with E-state index < -0.39 is 22.7 Å². The van der Waals surface area contributed by atoms with Crippen LogP contribution in [0.15, 0.2) is 0 Å². The van der Waals surface area contributed by atoms with E-state index in [9.17, 15) is 14.4 Å². The van der Waals surface area contributed by atoms with Crippen LogP contribution < -0.4 is 0 Å². The Labute approximate surface area is 93.0 Å². The third kappa shape index (κ3) is 1.97. The Morgan fingerprint density at radius 1 is 1.40 bits per heavy atom. The first-order chi connectivity index (χ1) is 6.81. The van der Waals surface area contributed by atoms with Crippen LogP contribution in [-0.4, -0.2) is 45.6 Å². The van der Waals surface area contributed by atoms with Crippen LogP contribution in [0.2, 0.25) is 0 Å². The van der Waals surface area contributed by atoms with E-state index >= 15 is 0 Å². The summed E-state index contributed by atoms with van der Waals surface area (Å²) >= 11 is 5.29. The molecule has 0 radical (unpaired) electrons. The molecule has 1 saturated heterocycles. The second-order valence-corrected chi connectivity index (χ2v) is 4.35. The van der Waals surface area contributed by atoms with Gasteiger partial charge in [-0.3, -0.25) is 19.3 Å². The molecule has 1 rings (SSSR count). The Hall–Kier alpha value is -1.10. The summed E-state index contributed by atoms with van der Waals surface area (Å²) in [7, 11) is 0. The molecule has 1 aliphatic heterocycles. The van der Waals surface area contributed by atoms with Gasteiger partial charge in [-0.05, 0) is 32.4 Å². The molecule has 0 aromatic heterocycles. The van der Waals surface area contributed by atoms with E-state index in [0.29, 0.717) is 13.1 Å². The monoisotopic (exact) mass is 232 g/mol. The van der Waals surface area contributed by atoms with Crippen molar-refractivity contribution >= 4 is 28.8 Å². The van der Waals surface area contributed by atoms with Crippen LogP contribution in [0.1, 0.15) is 20.8 Å². The maximum absolute atomic E-state index is 11.6. The van der Waals surface area contributed by atoms with Crippen molar-refractivity contribution in [2.75, 3.05) is 13.1 Å². The summed E-state index contributed by atoms with van der Waals surface area (Å²) < 4.78 is 0. The predicted octanol–water partition coefficient (Wildman–Crippen LogP) is 0.815. The first-order valence-electron chi connectivity index (χ1n) is 4.64. The Morgan fingerprint density at radius 3 is 2.33 bits per heavy atom. The summed E-state index contributed by atoms with van der Waals surface area (Å²) in [5, 5.41) is -0.908. The van der Waals surface area contributed by atoms with Gasteiger partial charge in [0.1, 0.15) is 0 Å². The lowest BCUT2D eigenvalue weighted by molar-refractivity contribution is -0.158. The first kappa shape index (κ1) is 12.0. The molecule has 0 unspecified atom stereocenters. The molecule has 84 valence electrons. The molecule has 6 heteroatoms. The molecular weight excluding hydrogens is 220 g/mol. The van der Waals surface area contributed by atoms with E-state index in [4.69, 9.17) is 11.6 Å². The minimum atomic E-state index is -0.908. The van der Waals surface area contributed by atoms with E-state index in [1.165, 1.54) is 4.90 Å². The number of piperazine rings is 1. The molecule has 0 saturated carbocycles. The number of carbonyl (C=O) groups is 3. The number of likely N-dealkylation sites (N-methyl/N-ethyl adjacent to an activating group) is 1. The topological polar surface area (TPSA) is 57.7 Å². The number of imide groups is 1. The molecule has 0 bridgehead atoms. The number of rotatable bonds is 1. The fraction of sp³-hybridized carbons (Fsp3) is 0.667. The van der Waals surface area contributed by atoms with Gasteiger partial charge in [0, 0.05) is 13.1 Å². The molecule has 3 amide bonds. The molecule has 1 aliphatic rings. The van der Waals surface area contributed by atoms with Crippen molar-refractivity contribution in [3.05, 3.63) is 0 Å². The SMILES string of the molecule is CCN1CC(C)(C)N(C(=O)Cl)C(=O)C1=O. The summed E-state index contributed by atoms with van der Waals surface area (Å²) in [5.74, 6) is -1.53. The molecule has 15 heavy (non-hydrogen) atoms. The minimum Gasteiger partial charge on any atom is -0.332 e. The van der Waals surface area contributed by atoms with Gasteiger partial charge in [0.15, 0.2) is 0 Å². The predicted molar refractivity (Wildman–Crippen MR) is 54.4 cm³/mol. The van der Waals surface area contributed by atoms with Gasteiger partial charge in [-0.15, -0.1) is 0 Å². The van der Waals surface area contributed by atoms with Gasteiger partial charge < -0.3 is 4.90 Å². The van der Waals surface area contributed by atoms with E-state index in [-0.39, 0.29) is 0 Å². The van der Waals surface area contributed by atoms with Crippen molar-refractivity contribution < 1.29 is 14.4 Å². The number of halogens is 1. The van der Waals surface area contributed by atoms with Crippen LogP contribution in [0.4, 0.5) is 4.79 Å². The van der Waals surface area contributed by atoms with Crippen LogP contribution in [-0.2, 0) is 9.59 Å². The number of nitrogens with zero attached hydrogens (tertiary/aromatic N) is 2. The lowest BCUT2D eigenvalue weighted by Gasteiger charge is -2.43. The normalized spacial score (nSPS) is 20.8. The first-order valence-corrected chi connectivity index (χ1v) is 5.02. The third-order valence-corrected chi connectivity index (χ3v) is 2.58. The van der Waals surface area contributed by atoms with Gasteiger partial charge in [-0.1, -0.05) is 0 Å². The molecule has 0 aromatic carbocycles. The molecule has 1 fully saturated rings. The van der Waals surface area contributed by atoms with Gasteiger partial charge >= 0.3 is 17.2 Å². The fourth-order valence-corrected chi connectivity index (χ4v) is 1.99. The Bertz CT molecular complexity index is 327. The second kappa shape index (κ2) is 3.81. The smallest absolute Gasteiger partial charge is 0.324 e. The van der Waals surface area contributed by atoms with E-state index in [2.05, 4.69) is 0 Å². The van der Waals surface area contributed by atoms with Gasteiger partial charge in [0.05, 0.1) is 5.54 Å². The standard InChI is InChI=1S/C9H13ClN2O3/c1-4-11-5-9(2,3)12(8(10)15)7(14)6(11)13/h4-5H2,1-3H3. The lowest BCUT2D eigenvalue weighted by Crippen LogP contribution is -2.65. The highest BCUT2D eigenvalue weighted by Gasteiger charge is 2.46. The third-order valence-electron chi connectivity index (χ3n) is 2.41. The van der Waals surface area contributed by atoms with Crippen LogP contribution in [0.5, 0.6) is 0 Å². The van der Waals surface area contributed by atoms with Crippen molar-refractivity contribution in [2.45, 2.75) is 26.3 Å². The van der Waals surface area contributed by atoms with Gasteiger partial charge in [0.2, 0.25) is 0 Å². The van der Waals surface area contributed by atoms with Crippen LogP contribution >= 0.6 is 11.6 Å². The average Bonchev–Trinajstić information content (AvgIpc) is 2.10. The summed E-state index contributed by atoms with van der Waals surface area (Å²) in [5.41, 5.74) is -0.750. The number of hydrogen-bond donors (Lipinski definition) is 0. The lowest BCUT2D eigenvalue weighted by atomic mass is 9.99. The zero-order chi connectivity index (χ0) is 11.8. The highest BCUT2D eigenvalue weighted by Crippen LogP contribution is 2.23. The van der Waals surface area contributed by atoms with E-state index in [1.54, 1.807) is 20.8 Å². The maximum Gasteiger partial charge on any atom is 0.324 e. The molecule has 1 heterocycles. The maximum atomic E-state index is 11.6. The van der Waals surface area contributed by atoms with Crippen molar-refractivity contribution in [1.29, 1.82) is 0 Å². The second-order valence-electron chi connectivity index (χ2n) is 4.03. The Balaban J connectivity index is 3.07. The molecule has 5 nitrogen and oxygen atoms in total. The zero-order valence-corrected chi connectivity index (χ0v) is 9.67. The molecule has 0 atom stereocenters. The molecular formula is C9H13ClN2O3. The van der Waals surface area contributed by atoms with E-state index in [1.807, 2.05) is 0 Å².